The van der Waals surface area contributed by atoms with Crippen LogP contribution >= 0.6 is 0 Å². The molecule has 0 saturated carbocycles. The second-order valence-corrected chi connectivity index (χ2v) is 10.1. The molecule has 0 radical (unpaired) electrons. The summed E-state index contributed by atoms with van der Waals surface area (Å²) < 4.78 is 141. The predicted octanol–water partition coefficient (Wildman–Crippen LogP) is 4.56. The molecule has 4 nitrogen and oxygen atoms in total. The van der Waals surface area contributed by atoms with Gasteiger partial charge in [0.1, 0.15) is 23.0 Å². The summed E-state index contributed by atoms with van der Waals surface area (Å²) >= 11 is 0. The van der Waals surface area contributed by atoms with Crippen LogP contribution in [0.4, 0.5) is 39.5 Å². The molecule has 0 aliphatic carbocycles. The van der Waals surface area contributed by atoms with Crippen LogP contribution in [0.5, 0.6) is 5.75 Å². The van der Waals surface area contributed by atoms with Crippen LogP contribution in [0.3, 0.4) is 0 Å². The topological polar surface area (TPSA) is 66.4 Å². The second kappa shape index (κ2) is 9.65. The number of benzene rings is 1. The number of alkyl halides is 9. The third-order valence-electron chi connectivity index (χ3n) is 4.08. The van der Waals surface area contributed by atoms with Crippen molar-refractivity contribution in [3.05, 3.63) is 29.8 Å². The highest BCUT2D eigenvalue weighted by Crippen LogP contribution is 2.54. The summed E-state index contributed by atoms with van der Waals surface area (Å²) in [6.07, 6.45) is -4.27. The first-order valence-corrected chi connectivity index (χ1v) is 11.4. The molecule has 0 aromatic heterocycles. The zero-order chi connectivity index (χ0) is 24.3. The van der Waals surface area contributed by atoms with Crippen molar-refractivity contribution in [2.45, 2.75) is 41.9 Å². The zero-order valence-electron chi connectivity index (χ0n) is 15.7. The smallest absolute Gasteiger partial charge is 0.460 e. The second-order valence-electron chi connectivity index (χ2n) is 6.34. The quantitative estimate of drug-likeness (QED) is 0.321. The molecule has 1 aliphatic rings. The van der Waals surface area contributed by atoms with Crippen molar-refractivity contribution in [1.82, 2.24) is 0 Å². The number of halogens is 9. The first-order chi connectivity index (χ1) is 13.9. The van der Waals surface area contributed by atoms with Gasteiger partial charge in [-0.2, -0.15) is 39.5 Å². The van der Waals surface area contributed by atoms with Crippen LogP contribution in [-0.2, 0) is 26.8 Å². The van der Waals surface area contributed by atoms with Crippen LogP contribution < -0.4 is 4.74 Å². The maximum Gasteiger partial charge on any atom is 0.460 e. The Hall–Kier alpha value is -1.35. The van der Waals surface area contributed by atoms with Crippen molar-refractivity contribution in [1.29, 1.82) is 0 Å². The average molecular weight is 508 g/mol. The molecule has 0 atom stereocenters. The molecule has 2 rings (SSSR count). The predicted molar refractivity (Wildman–Crippen MR) is 93.6 cm³/mol. The number of hydrogen-bond donors (Lipinski definition) is 0. The lowest BCUT2D eigenvalue weighted by molar-refractivity contribution is -0.382. The highest BCUT2D eigenvalue weighted by atomic mass is 32.2. The third kappa shape index (κ3) is 6.12. The van der Waals surface area contributed by atoms with E-state index in [1.807, 2.05) is 0 Å². The molecule has 1 aromatic carbocycles. The molecule has 0 spiro atoms. The first-order valence-electron chi connectivity index (χ1n) is 8.31. The lowest BCUT2D eigenvalue weighted by Gasteiger charge is -2.34. The van der Waals surface area contributed by atoms with Crippen molar-refractivity contribution >= 4 is 21.0 Å². The van der Waals surface area contributed by atoms with E-state index in [2.05, 4.69) is 24.3 Å². The van der Waals surface area contributed by atoms with Crippen molar-refractivity contribution in [2.24, 2.45) is 0 Å². The summed E-state index contributed by atoms with van der Waals surface area (Å²) in [5.74, 6) is -9.68. The van der Waals surface area contributed by atoms with E-state index in [4.69, 9.17) is 4.74 Å². The van der Waals surface area contributed by atoms with E-state index < -0.39 is 33.4 Å². The molecule has 1 heterocycles. The molecule has 1 fully saturated rings. The van der Waals surface area contributed by atoms with Crippen molar-refractivity contribution in [3.63, 3.8) is 0 Å². The van der Waals surface area contributed by atoms with Crippen LogP contribution in [-0.4, -0.2) is 54.9 Å². The van der Waals surface area contributed by atoms with Gasteiger partial charge in [-0.3, -0.25) is 0 Å². The van der Waals surface area contributed by atoms with Gasteiger partial charge in [-0.15, -0.1) is 0 Å². The maximum absolute atomic E-state index is 12.2. The van der Waals surface area contributed by atoms with E-state index in [1.54, 1.807) is 7.11 Å². The zero-order valence-corrected chi connectivity index (χ0v) is 17.3. The van der Waals surface area contributed by atoms with Crippen molar-refractivity contribution in [2.75, 3.05) is 18.6 Å². The van der Waals surface area contributed by atoms with Gasteiger partial charge in [0.25, 0.3) is 0 Å². The molecule has 1 saturated heterocycles. The van der Waals surface area contributed by atoms with Gasteiger partial charge < -0.3 is 9.29 Å². The minimum absolute atomic E-state index is 0.672. The Kier molecular flexibility index (Phi) is 8.61. The monoisotopic (exact) mass is 508 g/mol. The normalized spacial score (nSPS) is 16.6. The van der Waals surface area contributed by atoms with E-state index in [0.717, 1.165) is 5.75 Å². The molecule has 1 aromatic rings. The summed E-state index contributed by atoms with van der Waals surface area (Å²) in [5.41, 5.74) is 1.47. The molecule has 0 bridgehead atoms. The highest BCUT2D eigenvalue weighted by molar-refractivity contribution is 7.96. The molecule has 31 heavy (non-hydrogen) atoms. The minimum Gasteiger partial charge on any atom is -0.743 e. The molecule has 0 unspecified atom stereocenters. The van der Waals surface area contributed by atoms with Gasteiger partial charge in [0, 0.05) is 5.56 Å². The lowest BCUT2D eigenvalue weighted by Crippen LogP contribution is -2.63. The largest absolute Gasteiger partial charge is 0.743 e. The molecular weight excluding hydrogens is 491 g/mol. The van der Waals surface area contributed by atoms with Gasteiger partial charge >= 0.3 is 23.3 Å². The Bertz CT molecular complexity index is 818. The Morgan fingerprint density at radius 1 is 0.903 bits per heavy atom. The van der Waals surface area contributed by atoms with Crippen LogP contribution in [0, 0.1) is 0 Å². The van der Waals surface area contributed by atoms with E-state index in [0.29, 0.717) is 10.9 Å². The molecule has 1 aliphatic heterocycles. The van der Waals surface area contributed by atoms with Crippen molar-refractivity contribution < 1.29 is 57.2 Å². The highest BCUT2D eigenvalue weighted by Gasteiger charge is 2.83. The Morgan fingerprint density at radius 3 is 1.71 bits per heavy atom. The fourth-order valence-corrected chi connectivity index (χ4v) is 5.16. The van der Waals surface area contributed by atoms with Gasteiger partial charge in [-0.1, -0.05) is 12.1 Å². The molecule has 0 N–H and O–H groups in total. The summed E-state index contributed by atoms with van der Waals surface area (Å²) in [4.78, 5) is 0. The molecule has 180 valence electrons. The average Bonchev–Trinajstić information content (AvgIpc) is 3.13. The number of rotatable bonds is 6. The van der Waals surface area contributed by atoms with Gasteiger partial charge in [0.15, 0.2) is 10.1 Å². The summed E-state index contributed by atoms with van der Waals surface area (Å²) in [6.45, 7) is 0. The van der Waals surface area contributed by atoms with Gasteiger partial charge in [-0.25, -0.2) is 8.42 Å². The Balaban J connectivity index is 0.000000314. The minimum atomic E-state index is -7.43. The summed E-state index contributed by atoms with van der Waals surface area (Å²) in [6, 6.07) is 8.53. The van der Waals surface area contributed by atoms with E-state index in [1.165, 1.54) is 35.7 Å². The van der Waals surface area contributed by atoms with Crippen LogP contribution in [0.2, 0.25) is 0 Å². The van der Waals surface area contributed by atoms with E-state index >= 15 is 0 Å². The van der Waals surface area contributed by atoms with E-state index in [-0.39, 0.29) is 0 Å². The van der Waals surface area contributed by atoms with Gasteiger partial charge in [-0.05, 0) is 35.9 Å². The maximum atomic E-state index is 12.2. The van der Waals surface area contributed by atoms with Crippen LogP contribution in [0.15, 0.2) is 24.3 Å². The van der Waals surface area contributed by atoms with Gasteiger partial charge in [0.05, 0.1) is 7.11 Å². The summed E-state index contributed by atoms with van der Waals surface area (Å²) in [5, 5.41) is -7.11. The van der Waals surface area contributed by atoms with Crippen molar-refractivity contribution in [3.8, 4) is 5.75 Å². The van der Waals surface area contributed by atoms with Crippen LogP contribution in [0.1, 0.15) is 18.4 Å². The number of hydrogen-bond acceptors (Lipinski definition) is 4. The fourth-order valence-electron chi connectivity index (χ4n) is 2.33. The van der Waals surface area contributed by atoms with E-state index in [9.17, 15) is 52.5 Å². The van der Waals surface area contributed by atoms with Gasteiger partial charge in [0.2, 0.25) is 0 Å². The van der Waals surface area contributed by atoms with Crippen LogP contribution in [0.25, 0.3) is 0 Å². The Labute approximate surface area is 174 Å². The molecular formula is C16H17F9O4S2. The first kappa shape index (κ1) is 27.7. The fraction of sp³-hybridized carbons (Fsp3) is 0.625. The standard InChI is InChI=1S/C12H17OS.C4HF9O3S/c1-13-12-6-4-11(5-7-12)10-14-8-2-3-9-14;5-1(6,3(9,10)11)2(7,8)4(12,13)17(14,15)16/h4-7H,2-3,8-10H2,1H3;(H,14,15,16)/q+1;/p-1. The SMILES string of the molecule is COc1ccc(C[S+]2CCCC2)cc1.O=S(=O)([O-])C(F)(F)C(F)(F)C(F)(F)C(F)(F)F. The molecule has 0 amide bonds. The summed E-state index contributed by atoms with van der Waals surface area (Å²) in [7, 11) is -5.03. The number of methoxy groups -OCH3 is 1. The Morgan fingerprint density at radius 2 is 1.35 bits per heavy atom. The molecule has 15 heteroatoms. The third-order valence-corrected chi connectivity index (χ3v) is 7.43. The number of ether oxygens (including phenoxy) is 1. The lowest BCUT2D eigenvalue weighted by atomic mass is 10.1.